The summed E-state index contributed by atoms with van der Waals surface area (Å²) in [7, 11) is 0. The molecular formula is C17H13BrN2O4S. The predicted molar refractivity (Wildman–Crippen MR) is 96.9 cm³/mol. The van der Waals surface area contributed by atoms with Gasteiger partial charge < -0.3 is 9.72 Å². The maximum atomic E-state index is 12.2. The van der Waals surface area contributed by atoms with Crippen LogP contribution in [0.1, 0.15) is 33.2 Å². The molecule has 0 aliphatic rings. The molecule has 0 fully saturated rings. The van der Waals surface area contributed by atoms with Gasteiger partial charge in [0, 0.05) is 10.0 Å². The molecule has 0 amide bonds. The van der Waals surface area contributed by atoms with Crippen LogP contribution >= 0.6 is 27.7 Å². The number of carbonyl (C=O) groups excluding carboxylic acids is 2. The molecule has 0 saturated carbocycles. The average Bonchev–Trinajstić information content (AvgIpc) is 2.60. The molecule has 25 heavy (non-hydrogen) atoms. The van der Waals surface area contributed by atoms with Gasteiger partial charge in [-0.15, -0.1) is 0 Å². The lowest BCUT2D eigenvalue weighted by Crippen LogP contribution is -2.21. The first-order valence-electron chi connectivity index (χ1n) is 7.22. The molecule has 1 aromatic heterocycles. The number of carbonyl (C=O) groups is 2. The highest BCUT2D eigenvalue weighted by atomic mass is 79.9. The molecule has 1 N–H and O–H groups in total. The molecule has 2 rings (SSSR count). The third-order valence-electron chi connectivity index (χ3n) is 3.13. The molecule has 0 spiro atoms. The number of benzene rings is 1. The number of halogens is 1. The van der Waals surface area contributed by atoms with E-state index in [0.29, 0.717) is 5.56 Å². The number of nitriles is 1. The van der Waals surface area contributed by atoms with Gasteiger partial charge >= 0.3 is 5.97 Å². The van der Waals surface area contributed by atoms with E-state index < -0.39 is 11.5 Å². The van der Waals surface area contributed by atoms with Crippen molar-refractivity contribution < 1.29 is 14.3 Å². The van der Waals surface area contributed by atoms with Gasteiger partial charge in [-0.05, 0) is 25.1 Å². The predicted octanol–water partition coefficient (Wildman–Crippen LogP) is 3.16. The Morgan fingerprint density at radius 3 is 2.60 bits per heavy atom. The summed E-state index contributed by atoms with van der Waals surface area (Å²) in [5.41, 5.74) is -0.256. The van der Waals surface area contributed by atoms with Crippen LogP contribution in [-0.4, -0.2) is 29.1 Å². The Kier molecular flexibility index (Phi) is 6.56. The number of ether oxygens (including phenoxy) is 1. The summed E-state index contributed by atoms with van der Waals surface area (Å²) in [6.07, 6.45) is 0. The van der Waals surface area contributed by atoms with Crippen LogP contribution in [0.2, 0.25) is 0 Å². The molecule has 0 atom stereocenters. The van der Waals surface area contributed by atoms with Gasteiger partial charge in [-0.3, -0.25) is 9.59 Å². The van der Waals surface area contributed by atoms with Gasteiger partial charge in [0.1, 0.15) is 11.6 Å². The monoisotopic (exact) mass is 420 g/mol. The zero-order valence-corrected chi connectivity index (χ0v) is 15.6. The van der Waals surface area contributed by atoms with Crippen molar-refractivity contribution in [1.82, 2.24) is 4.98 Å². The van der Waals surface area contributed by atoms with E-state index in [2.05, 4.69) is 20.9 Å². The summed E-state index contributed by atoms with van der Waals surface area (Å²) < 4.78 is 5.64. The van der Waals surface area contributed by atoms with Crippen molar-refractivity contribution in [3.8, 4) is 6.07 Å². The fraction of sp³-hybridized carbons (Fsp3) is 0.176. The van der Waals surface area contributed by atoms with Crippen molar-refractivity contribution in [2.45, 2.75) is 11.9 Å². The van der Waals surface area contributed by atoms with Gasteiger partial charge in [0.25, 0.3) is 5.56 Å². The van der Waals surface area contributed by atoms with Gasteiger partial charge in [-0.2, -0.15) is 5.26 Å². The van der Waals surface area contributed by atoms with E-state index in [1.54, 1.807) is 31.2 Å². The Morgan fingerprint density at radius 2 is 2.00 bits per heavy atom. The lowest BCUT2D eigenvalue weighted by Gasteiger charge is -2.06. The molecule has 0 unspecified atom stereocenters. The molecule has 0 saturated heterocycles. The molecule has 1 heterocycles. The van der Waals surface area contributed by atoms with Crippen LogP contribution in [0, 0.1) is 11.3 Å². The second-order valence-corrected chi connectivity index (χ2v) is 6.71. The second kappa shape index (κ2) is 8.65. The zero-order valence-electron chi connectivity index (χ0n) is 13.2. The summed E-state index contributed by atoms with van der Waals surface area (Å²) in [4.78, 5) is 38.4. The smallest absolute Gasteiger partial charge is 0.343 e. The summed E-state index contributed by atoms with van der Waals surface area (Å²) >= 11 is 4.33. The zero-order chi connectivity index (χ0) is 18.4. The number of hydrogen-bond donors (Lipinski definition) is 1. The molecular weight excluding hydrogens is 408 g/mol. The largest absolute Gasteiger partial charge is 0.462 e. The van der Waals surface area contributed by atoms with Gasteiger partial charge in [0.15, 0.2) is 5.78 Å². The van der Waals surface area contributed by atoms with Crippen molar-refractivity contribution in [3.05, 3.63) is 61.8 Å². The number of nitrogens with one attached hydrogen (secondary N) is 1. The summed E-state index contributed by atoms with van der Waals surface area (Å²) in [6, 6.07) is 9.99. The molecule has 1 aromatic carbocycles. The number of hydrogen-bond acceptors (Lipinski definition) is 6. The van der Waals surface area contributed by atoms with Crippen molar-refractivity contribution in [3.63, 3.8) is 0 Å². The maximum absolute atomic E-state index is 12.2. The number of nitrogens with zero attached hydrogens (tertiary/aromatic N) is 1. The van der Waals surface area contributed by atoms with E-state index in [1.807, 2.05) is 6.07 Å². The van der Waals surface area contributed by atoms with E-state index in [0.717, 1.165) is 16.2 Å². The Morgan fingerprint density at radius 1 is 1.32 bits per heavy atom. The van der Waals surface area contributed by atoms with Crippen LogP contribution in [0.3, 0.4) is 0 Å². The number of H-pyrrole nitrogens is 1. The average molecular weight is 421 g/mol. The van der Waals surface area contributed by atoms with E-state index in [9.17, 15) is 19.6 Å². The second-order valence-electron chi connectivity index (χ2n) is 4.81. The number of aromatic nitrogens is 1. The minimum Gasteiger partial charge on any atom is -0.462 e. The number of aromatic amines is 1. The van der Waals surface area contributed by atoms with Gasteiger partial charge in [0.2, 0.25) is 0 Å². The third-order valence-corrected chi connectivity index (χ3v) is 4.68. The Bertz CT molecular complexity index is 900. The molecule has 8 heteroatoms. The van der Waals surface area contributed by atoms with Crippen LogP contribution in [0.4, 0.5) is 0 Å². The van der Waals surface area contributed by atoms with Crippen LogP contribution in [-0.2, 0) is 4.74 Å². The van der Waals surface area contributed by atoms with E-state index in [1.165, 1.54) is 6.07 Å². The first-order valence-corrected chi connectivity index (χ1v) is 9.00. The van der Waals surface area contributed by atoms with E-state index in [4.69, 9.17) is 4.74 Å². The van der Waals surface area contributed by atoms with Crippen LogP contribution in [0.5, 0.6) is 0 Å². The quantitative estimate of drug-likeness (QED) is 0.437. The number of pyridine rings is 1. The number of ketones is 1. The molecule has 0 aliphatic carbocycles. The minimum absolute atomic E-state index is 0.0466. The van der Waals surface area contributed by atoms with Crippen molar-refractivity contribution in [2.24, 2.45) is 0 Å². The SMILES string of the molecule is CCOC(=O)c1cc(C#N)c(SCC(=O)c2ccc(Br)cc2)[nH]c1=O. The fourth-order valence-corrected chi connectivity index (χ4v) is 3.06. The highest BCUT2D eigenvalue weighted by molar-refractivity contribution is 9.10. The highest BCUT2D eigenvalue weighted by Gasteiger charge is 2.17. The Labute approximate surface area is 156 Å². The summed E-state index contributed by atoms with van der Waals surface area (Å²) in [5.74, 6) is -0.884. The minimum atomic E-state index is -0.789. The van der Waals surface area contributed by atoms with Gasteiger partial charge in [0.05, 0.1) is 22.9 Å². The first kappa shape index (κ1) is 19.0. The molecule has 0 aliphatic heterocycles. The first-order chi connectivity index (χ1) is 12.0. The standard InChI is InChI=1S/C17H13BrN2O4S/c1-2-24-17(23)13-7-11(8-19)16(20-15(13)22)25-9-14(21)10-3-5-12(18)6-4-10/h3-7H,2,9H2,1H3,(H,20,22). The number of esters is 1. The maximum Gasteiger partial charge on any atom is 0.343 e. The third kappa shape index (κ3) is 4.81. The fourth-order valence-electron chi connectivity index (χ4n) is 1.93. The number of thioether (sulfide) groups is 1. The summed E-state index contributed by atoms with van der Waals surface area (Å²) in [5, 5.41) is 9.47. The summed E-state index contributed by atoms with van der Waals surface area (Å²) in [6.45, 7) is 1.74. The highest BCUT2D eigenvalue weighted by Crippen LogP contribution is 2.21. The number of Topliss-reactive ketones (excluding diaryl/α,β-unsaturated/α-hetero) is 1. The lowest BCUT2D eigenvalue weighted by atomic mass is 10.2. The van der Waals surface area contributed by atoms with Crippen LogP contribution in [0.25, 0.3) is 0 Å². The molecule has 128 valence electrons. The normalized spacial score (nSPS) is 10.1. The van der Waals surface area contributed by atoms with Crippen LogP contribution in [0.15, 0.2) is 44.6 Å². The van der Waals surface area contributed by atoms with Gasteiger partial charge in [-0.1, -0.05) is 39.8 Å². The Hall–Kier alpha value is -2.37. The molecule has 2 aromatic rings. The van der Waals surface area contributed by atoms with Gasteiger partial charge in [-0.25, -0.2) is 4.79 Å². The topological polar surface area (TPSA) is 100 Å². The number of rotatable bonds is 6. The Balaban J connectivity index is 2.19. The van der Waals surface area contributed by atoms with Crippen molar-refractivity contribution in [2.75, 3.05) is 12.4 Å². The van der Waals surface area contributed by atoms with Crippen molar-refractivity contribution >= 4 is 39.4 Å². The van der Waals surface area contributed by atoms with E-state index in [-0.39, 0.29) is 34.3 Å². The van der Waals surface area contributed by atoms with Crippen LogP contribution < -0.4 is 5.56 Å². The van der Waals surface area contributed by atoms with Crippen molar-refractivity contribution in [1.29, 1.82) is 5.26 Å². The molecule has 0 radical (unpaired) electrons. The molecule has 0 bridgehead atoms. The molecule has 6 nitrogen and oxygen atoms in total. The lowest BCUT2D eigenvalue weighted by molar-refractivity contribution is 0.0524. The van der Waals surface area contributed by atoms with E-state index >= 15 is 0 Å².